The third-order valence-corrected chi connectivity index (χ3v) is 1.49. The summed E-state index contributed by atoms with van der Waals surface area (Å²) in [5, 5.41) is 4.70. The van der Waals surface area contributed by atoms with E-state index < -0.39 is 15.2 Å². The zero-order chi connectivity index (χ0) is 6.91. The molecule has 0 aliphatic heterocycles. The smallest absolute Gasteiger partial charge is 0.265 e. The minimum atomic E-state index is -4.58. The molecule has 0 atom stereocenters. The van der Waals surface area contributed by atoms with E-state index in [9.17, 15) is 12.3 Å². The normalized spacial score (nSPS) is 11.7. The lowest BCUT2D eigenvalue weighted by Gasteiger charge is -1.81. The molecule has 0 aliphatic carbocycles. The lowest BCUT2D eigenvalue weighted by molar-refractivity contribution is 0.547. The van der Waals surface area contributed by atoms with Crippen LogP contribution in [0.1, 0.15) is 0 Å². The summed E-state index contributed by atoms with van der Waals surface area (Å²) in [4.78, 5) is 0. The Morgan fingerprint density at radius 3 is 2.56 bits per heavy atom. The van der Waals surface area contributed by atoms with E-state index in [4.69, 9.17) is 0 Å². The van der Waals surface area contributed by atoms with Gasteiger partial charge in [0.2, 0.25) is 0 Å². The van der Waals surface area contributed by atoms with Gasteiger partial charge in [0.05, 0.1) is 6.20 Å². The molecule has 6 heteroatoms. The van der Waals surface area contributed by atoms with Crippen molar-refractivity contribution in [3.05, 3.63) is 12.3 Å². The molecule has 0 aromatic carbocycles. The van der Waals surface area contributed by atoms with Crippen molar-refractivity contribution in [1.82, 2.24) is 10.2 Å². The summed E-state index contributed by atoms with van der Waals surface area (Å²) in [7, 11) is -4.58. The maximum absolute atomic E-state index is 11.9. The summed E-state index contributed by atoms with van der Waals surface area (Å²) in [6.45, 7) is 0. The minimum Gasteiger partial charge on any atom is -0.265 e. The van der Waals surface area contributed by atoms with Crippen molar-refractivity contribution in [2.45, 2.75) is 5.03 Å². The molecule has 1 aromatic heterocycles. The Hall–Kier alpha value is -0.910. The quantitative estimate of drug-likeness (QED) is 0.576. The van der Waals surface area contributed by atoms with Gasteiger partial charge in [0.1, 0.15) is 0 Å². The number of H-pyrrole nitrogens is 1. The Balaban J connectivity index is 3.20. The fourth-order valence-corrected chi connectivity index (χ4v) is 0.764. The Labute approximate surface area is 50.9 Å². The molecule has 1 N–H and O–H groups in total. The van der Waals surface area contributed by atoms with Crippen molar-refractivity contribution in [3.63, 3.8) is 0 Å². The van der Waals surface area contributed by atoms with E-state index in [0.717, 1.165) is 12.3 Å². The molecular formula is C3H3FN2O2S. The van der Waals surface area contributed by atoms with Crippen LogP contribution in [0.25, 0.3) is 0 Å². The zero-order valence-corrected chi connectivity index (χ0v) is 5.02. The number of hydrogen-bond donors (Lipinski definition) is 1. The SMILES string of the molecule is O=S(=O)(F)c1ccn[nH]1. The van der Waals surface area contributed by atoms with Crippen LogP contribution in [0, 0.1) is 0 Å². The van der Waals surface area contributed by atoms with E-state index in [1.807, 2.05) is 5.10 Å². The Bertz CT molecular complexity index is 277. The van der Waals surface area contributed by atoms with Gasteiger partial charge in [-0.25, -0.2) is 0 Å². The van der Waals surface area contributed by atoms with E-state index in [1.54, 1.807) is 0 Å². The van der Waals surface area contributed by atoms with Crippen molar-refractivity contribution in [2.24, 2.45) is 0 Å². The number of rotatable bonds is 1. The molecule has 0 unspecified atom stereocenters. The first kappa shape index (κ1) is 6.21. The molecule has 50 valence electrons. The highest BCUT2D eigenvalue weighted by Crippen LogP contribution is 2.04. The van der Waals surface area contributed by atoms with Gasteiger partial charge < -0.3 is 0 Å². The van der Waals surface area contributed by atoms with Crippen molar-refractivity contribution in [2.75, 3.05) is 0 Å². The second-order valence-electron chi connectivity index (χ2n) is 1.36. The molecule has 0 spiro atoms. The second kappa shape index (κ2) is 1.80. The van der Waals surface area contributed by atoms with Crippen molar-refractivity contribution in [3.8, 4) is 0 Å². The summed E-state index contributed by atoms with van der Waals surface area (Å²) in [5.74, 6) is 0. The number of aromatic nitrogens is 2. The summed E-state index contributed by atoms with van der Waals surface area (Å²) in [6.07, 6.45) is 1.16. The van der Waals surface area contributed by atoms with Gasteiger partial charge in [0.25, 0.3) is 0 Å². The van der Waals surface area contributed by atoms with Crippen LogP contribution in [0.3, 0.4) is 0 Å². The fourth-order valence-electron chi connectivity index (χ4n) is 0.379. The maximum atomic E-state index is 11.9. The molecule has 9 heavy (non-hydrogen) atoms. The van der Waals surface area contributed by atoms with Gasteiger partial charge in [-0.05, 0) is 6.07 Å². The highest BCUT2D eigenvalue weighted by molar-refractivity contribution is 7.86. The number of halogens is 1. The molecule has 0 aliphatic rings. The zero-order valence-electron chi connectivity index (χ0n) is 4.20. The van der Waals surface area contributed by atoms with E-state index in [2.05, 4.69) is 5.10 Å². The molecule has 1 aromatic rings. The largest absolute Gasteiger partial charge is 0.349 e. The number of nitrogens with zero attached hydrogens (tertiary/aromatic N) is 1. The highest BCUT2D eigenvalue weighted by atomic mass is 32.3. The molecule has 0 saturated heterocycles. The van der Waals surface area contributed by atoms with Gasteiger partial charge in [-0.2, -0.15) is 13.5 Å². The predicted molar refractivity (Wildman–Crippen MR) is 26.9 cm³/mol. The first-order valence-electron chi connectivity index (χ1n) is 2.05. The Morgan fingerprint density at radius 2 is 2.33 bits per heavy atom. The van der Waals surface area contributed by atoms with Crippen LogP contribution in [0.4, 0.5) is 3.89 Å². The van der Waals surface area contributed by atoms with Crippen LogP contribution < -0.4 is 0 Å². The van der Waals surface area contributed by atoms with E-state index in [1.165, 1.54) is 0 Å². The number of hydrogen-bond acceptors (Lipinski definition) is 3. The molecule has 0 bridgehead atoms. The van der Waals surface area contributed by atoms with Crippen LogP contribution in [0.15, 0.2) is 17.3 Å². The standard InChI is InChI=1S/C3H3FN2O2S/c4-9(7,8)3-1-2-5-6-3/h1-2H,(H,5,6). The van der Waals surface area contributed by atoms with Crippen LogP contribution in [0.5, 0.6) is 0 Å². The summed E-state index contributed by atoms with van der Waals surface area (Å²) >= 11 is 0. The van der Waals surface area contributed by atoms with Gasteiger partial charge in [-0.3, -0.25) is 5.10 Å². The van der Waals surface area contributed by atoms with Crippen molar-refractivity contribution < 1.29 is 12.3 Å². The Kier molecular flexibility index (Phi) is 1.24. The van der Waals surface area contributed by atoms with E-state index in [0.29, 0.717) is 0 Å². The van der Waals surface area contributed by atoms with Crippen LogP contribution in [0.2, 0.25) is 0 Å². The summed E-state index contributed by atoms with van der Waals surface area (Å²) in [5.41, 5.74) is 0. The van der Waals surface area contributed by atoms with Gasteiger partial charge in [-0.1, -0.05) is 3.89 Å². The third-order valence-electron chi connectivity index (χ3n) is 0.738. The molecule has 1 heterocycles. The molecule has 0 amide bonds. The van der Waals surface area contributed by atoms with Crippen molar-refractivity contribution in [1.29, 1.82) is 0 Å². The van der Waals surface area contributed by atoms with Gasteiger partial charge >= 0.3 is 10.2 Å². The molecular weight excluding hydrogens is 147 g/mol. The topological polar surface area (TPSA) is 62.8 Å². The number of nitrogens with one attached hydrogen (secondary N) is 1. The first-order valence-corrected chi connectivity index (χ1v) is 3.43. The van der Waals surface area contributed by atoms with Crippen LogP contribution >= 0.6 is 0 Å². The summed E-state index contributed by atoms with van der Waals surface area (Å²) in [6, 6.07) is 1.04. The van der Waals surface area contributed by atoms with Gasteiger partial charge in [0, 0.05) is 0 Å². The van der Waals surface area contributed by atoms with Gasteiger partial charge in [-0.15, -0.1) is 0 Å². The van der Waals surface area contributed by atoms with E-state index >= 15 is 0 Å². The minimum absolute atomic E-state index is 0.512. The van der Waals surface area contributed by atoms with Crippen molar-refractivity contribution >= 4 is 10.2 Å². The fraction of sp³-hybridized carbons (Fsp3) is 0. The summed E-state index contributed by atoms with van der Waals surface area (Å²) < 4.78 is 31.8. The molecule has 1 rings (SSSR count). The second-order valence-corrected chi connectivity index (χ2v) is 2.67. The first-order chi connectivity index (χ1) is 4.11. The van der Waals surface area contributed by atoms with E-state index in [-0.39, 0.29) is 0 Å². The molecule has 0 radical (unpaired) electrons. The lowest BCUT2D eigenvalue weighted by atomic mass is 10.8. The monoisotopic (exact) mass is 150 g/mol. The van der Waals surface area contributed by atoms with Crippen LogP contribution in [-0.2, 0) is 10.2 Å². The molecule has 0 saturated carbocycles. The lowest BCUT2D eigenvalue weighted by Crippen LogP contribution is -1.90. The van der Waals surface area contributed by atoms with Crippen LogP contribution in [-0.4, -0.2) is 18.6 Å². The van der Waals surface area contributed by atoms with Gasteiger partial charge in [0.15, 0.2) is 5.03 Å². The third kappa shape index (κ3) is 1.26. The predicted octanol–water partition coefficient (Wildman–Crippen LogP) is 0.0679. The Morgan fingerprint density at radius 1 is 1.67 bits per heavy atom. The number of aromatic amines is 1. The molecule has 4 nitrogen and oxygen atoms in total. The average molecular weight is 150 g/mol. The molecule has 0 fully saturated rings. The average Bonchev–Trinajstić information content (AvgIpc) is 2.08. The highest BCUT2D eigenvalue weighted by Gasteiger charge is 2.11. The maximum Gasteiger partial charge on any atom is 0.349 e.